The molecule has 0 aromatic heterocycles. The van der Waals surface area contributed by atoms with Gasteiger partial charge in [-0.25, -0.2) is 4.79 Å². The molecule has 0 aliphatic heterocycles. The van der Waals surface area contributed by atoms with E-state index >= 15 is 0 Å². The molecule has 8 nitrogen and oxygen atoms in total. The number of rotatable bonds is 10. The van der Waals surface area contributed by atoms with Crippen LogP contribution in [0.4, 0.5) is 4.79 Å². The van der Waals surface area contributed by atoms with Gasteiger partial charge in [0.1, 0.15) is 11.5 Å². The van der Waals surface area contributed by atoms with Gasteiger partial charge in [0, 0.05) is 28.2 Å². The molecular weight excluding hydrogens is 691 g/mol. The summed E-state index contributed by atoms with van der Waals surface area (Å²) in [5.74, 6) is 0.897. The van der Waals surface area contributed by atoms with Gasteiger partial charge in [0.25, 0.3) is 0 Å². The number of allylic oxidation sites excluding steroid dienone is 2. The first-order valence-electron chi connectivity index (χ1n) is 19.5. The summed E-state index contributed by atoms with van der Waals surface area (Å²) in [6.45, 7) is 6.37. The van der Waals surface area contributed by atoms with E-state index in [2.05, 4.69) is 19.9 Å². The topological polar surface area (TPSA) is 106 Å². The first-order chi connectivity index (χ1) is 26.5. The molecule has 2 bridgehead atoms. The Hall–Kier alpha value is -4.92. The first kappa shape index (κ1) is 39.8. The summed E-state index contributed by atoms with van der Waals surface area (Å²) < 4.78 is 16.7. The largest absolute Gasteiger partial charge is 0.497 e. The van der Waals surface area contributed by atoms with Gasteiger partial charge in [0.2, 0.25) is 0 Å². The van der Waals surface area contributed by atoms with Crippen molar-refractivity contribution >= 4 is 11.9 Å². The summed E-state index contributed by atoms with van der Waals surface area (Å²) >= 11 is 0. The lowest BCUT2D eigenvalue weighted by Crippen LogP contribution is -2.53. The highest BCUT2D eigenvalue weighted by Crippen LogP contribution is 2.59. The van der Waals surface area contributed by atoms with Crippen molar-refractivity contribution in [1.82, 2.24) is 4.90 Å². The molecule has 7 rings (SSSR count). The van der Waals surface area contributed by atoms with Gasteiger partial charge in [0.05, 0.1) is 45.6 Å². The standard InChI is InChI=1S/C47H55NO7/c1-6-55-45(51)48(30-35-20-22-37(53-4)29-43(35)54-5)31-47(52)26-24-42-39-23-19-33(27-36(49)21-18-32(2)13-12-25-46(42,47)3)28-41(39)44(50)40-17-11-10-16-38(40)34-14-8-7-9-15-34/h7-11,13-17,19-20,22-23,28-29,36,42,49,52H,6,12,18,21,24-27,30-31H2,1-5H3/t36-,42-,46-,47+/m0/s1. The molecular formula is C47H55NO7. The van der Waals surface area contributed by atoms with Crippen molar-refractivity contribution in [1.29, 1.82) is 0 Å². The fourth-order valence-electron chi connectivity index (χ4n) is 8.80. The number of carbonyl (C=O) groups excluding carboxylic acids is 2. The zero-order valence-corrected chi connectivity index (χ0v) is 32.8. The molecule has 1 fully saturated rings. The van der Waals surface area contributed by atoms with Crippen molar-refractivity contribution in [2.45, 2.75) is 89.9 Å². The molecule has 3 aliphatic rings. The third-order valence-electron chi connectivity index (χ3n) is 12.0. The monoisotopic (exact) mass is 745 g/mol. The number of hydrogen-bond donors (Lipinski definition) is 2. The smallest absolute Gasteiger partial charge is 0.410 e. The molecule has 0 heterocycles. The van der Waals surface area contributed by atoms with Gasteiger partial charge in [-0.15, -0.1) is 0 Å². The van der Waals surface area contributed by atoms with Crippen LogP contribution in [0.2, 0.25) is 0 Å². The van der Waals surface area contributed by atoms with Crippen LogP contribution < -0.4 is 9.47 Å². The van der Waals surface area contributed by atoms with Crippen LogP contribution >= 0.6 is 0 Å². The Labute approximate surface area is 325 Å². The van der Waals surface area contributed by atoms with Gasteiger partial charge in [0.15, 0.2) is 5.78 Å². The Balaban J connectivity index is 1.45. The van der Waals surface area contributed by atoms with E-state index < -0.39 is 23.2 Å². The summed E-state index contributed by atoms with van der Waals surface area (Å²) in [4.78, 5) is 30.3. The minimum absolute atomic E-state index is 0.0289. The van der Waals surface area contributed by atoms with Gasteiger partial charge < -0.3 is 29.3 Å². The van der Waals surface area contributed by atoms with Crippen LogP contribution in [0.25, 0.3) is 11.1 Å². The Morgan fingerprint density at radius 1 is 0.891 bits per heavy atom. The molecule has 0 saturated heterocycles. The van der Waals surface area contributed by atoms with Gasteiger partial charge in [-0.2, -0.15) is 0 Å². The minimum Gasteiger partial charge on any atom is -0.497 e. The number of ketones is 1. The van der Waals surface area contributed by atoms with Crippen molar-refractivity contribution < 1.29 is 34.0 Å². The maximum absolute atomic E-state index is 15.0. The van der Waals surface area contributed by atoms with Crippen molar-refractivity contribution in [3.8, 4) is 22.6 Å². The first-order valence-corrected chi connectivity index (χ1v) is 19.5. The Bertz CT molecular complexity index is 2010. The zero-order chi connectivity index (χ0) is 39.2. The SMILES string of the molecule is CCOC(=O)N(Cc1ccc(OC)cc1OC)C[C@]1(O)CC[C@H]2c3ccc(cc3C(=O)c3ccccc3-c3ccccc3)C[C@@H](O)CCC(C)=CCC[C@@]21C. The summed E-state index contributed by atoms with van der Waals surface area (Å²) in [6.07, 6.45) is 5.29. The van der Waals surface area contributed by atoms with E-state index in [1.54, 1.807) is 32.1 Å². The highest BCUT2D eigenvalue weighted by molar-refractivity contribution is 6.13. The van der Waals surface area contributed by atoms with Crippen LogP contribution in [-0.2, 0) is 17.7 Å². The summed E-state index contributed by atoms with van der Waals surface area (Å²) in [7, 11) is 3.17. The van der Waals surface area contributed by atoms with Gasteiger partial charge in [-0.1, -0.05) is 85.3 Å². The number of aliphatic hydroxyl groups excluding tert-OH is 1. The number of nitrogens with zero attached hydrogens (tertiary/aromatic N) is 1. The summed E-state index contributed by atoms with van der Waals surface area (Å²) in [5, 5.41) is 24.2. The third kappa shape index (κ3) is 8.51. The molecule has 1 saturated carbocycles. The van der Waals surface area contributed by atoms with Gasteiger partial charge >= 0.3 is 6.09 Å². The predicted octanol–water partition coefficient (Wildman–Crippen LogP) is 9.30. The molecule has 3 aliphatic carbocycles. The average molecular weight is 746 g/mol. The number of benzene rings is 4. The zero-order valence-electron chi connectivity index (χ0n) is 32.8. The molecule has 55 heavy (non-hydrogen) atoms. The second-order valence-electron chi connectivity index (χ2n) is 15.4. The average Bonchev–Trinajstić information content (AvgIpc) is 3.45. The van der Waals surface area contributed by atoms with Gasteiger partial charge in [-0.3, -0.25) is 4.79 Å². The number of hydrogen-bond acceptors (Lipinski definition) is 7. The number of aliphatic hydroxyl groups is 2. The third-order valence-corrected chi connectivity index (χ3v) is 12.0. The quantitative estimate of drug-likeness (QED) is 0.123. The number of carbonyl (C=O) groups is 2. The Morgan fingerprint density at radius 2 is 1.65 bits per heavy atom. The Kier molecular flexibility index (Phi) is 12.5. The lowest BCUT2D eigenvalue weighted by atomic mass is 9.64. The maximum Gasteiger partial charge on any atom is 0.410 e. The second-order valence-corrected chi connectivity index (χ2v) is 15.4. The van der Waals surface area contributed by atoms with Crippen LogP contribution in [0.5, 0.6) is 11.5 Å². The molecule has 4 aromatic rings. The normalized spacial score (nSPS) is 22.6. The molecule has 4 aromatic carbocycles. The van der Waals surface area contributed by atoms with Crippen molar-refractivity contribution in [2.75, 3.05) is 27.4 Å². The molecule has 2 N–H and O–H groups in total. The van der Waals surface area contributed by atoms with E-state index in [1.165, 1.54) is 5.57 Å². The summed E-state index contributed by atoms with van der Waals surface area (Å²) in [5.41, 5.74) is 4.63. The van der Waals surface area contributed by atoms with Crippen LogP contribution in [0.1, 0.15) is 97.8 Å². The lowest BCUT2D eigenvalue weighted by molar-refractivity contribution is -0.0821. The van der Waals surface area contributed by atoms with E-state index in [1.807, 2.05) is 84.9 Å². The fraction of sp³-hybridized carbons (Fsp3) is 0.404. The molecule has 0 radical (unpaired) electrons. The van der Waals surface area contributed by atoms with Crippen molar-refractivity contribution in [3.63, 3.8) is 0 Å². The predicted molar refractivity (Wildman–Crippen MR) is 216 cm³/mol. The van der Waals surface area contributed by atoms with E-state index in [-0.39, 0.29) is 31.4 Å². The van der Waals surface area contributed by atoms with E-state index in [0.717, 1.165) is 34.2 Å². The molecule has 4 atom stereocenters. The maximum atomic E-state index is 15.0. The van der Waals surface area contributed by atoms with Crippen LogP contribution in [0.15, 0.2) is 103 Å². The van der Waals surface area contributed by atoms with Crippen LogP contribution in [0.3, 0.4) is 0 Å². The molecule has 0 spiro atoms. The second kappa shape index (κ2) is 17.3. The highest BCUT2D eigenvalue weighted by atomic mass is 16.6. The highest BCUT2D eigenvalue weighted by Gasteiger charge is 2.58. The number of ether oxygens (including phenoxy) is 3. The molecule has 8 heteroatoms. The number of methoxy groups -OCH3 is 2. The summed E-state index contributed by atoms with van der Waals surface area (Å²) in [6, 6.07) is 29.2. The van der Waals surface area contributed by atoms with Crippen LogP contribution in [-0.4, -0.2) is 66.1 Å². The lowest BCUT2D eigenvalue weighted by Gasteiger charge is -2.46. The van der Waals surface area contributed by atoms with E-state index in [0.29, 0.717) is 61.2 Å². The molecule has 290 valence electrons. The fourth-order valence-corrected chi connectivity index (χ4v) is 8.80. The number of amides is 1. The van der Waals surface area contributed by atoms with Gasteiger partial charge in [-0.05, 0) is 105 Å². The number of fused-ring (bicyclic) bond motifs is 8. The van der Waals surface area contributed by atoms with E-state index in [4.69, 9.17) is 14.2 Å². The van der Waals surface area contributed by atoms with Crippen molar-refractivity contribution in [2.24, 2.45) is 5.41 Å². The van der Waals surface area contributed by atoms with Crippen molar-refractivity contribution in [3.05, 3.63) is 130 Å². The Morgan fingerprint density at radius 3 is 2.40 bits per heavy atom. The molecule has 1 amide bonds. The minimum atomic E-state index is -1.33. The molecule has 0 unspecified atom stereocenters. The van der Waals surface area contributed by atoms with Crippen LogP contribution in [0, 0.1) is 5.41 Å². The van der Waals surface area contributed by atoms with E-state index in [9.17, 15) is 19.8 Å².